The summed E-state index contributed by atoms with van der Waals surface area (Å²) in [4.78, 5) is 4.53. The molecule has 2 aliphatic heterocycles. The Kier molecular flexibility index (Phi) is 4.18. The van der Waals surface area contributed by atoms with Crippen molar-refractivity contribution in [2.45, 2.75) is 57.1 Å². The van der Waals surface area contributed by atoms with Gasteiger partial charge in [-0.25, -0.2) is 4.98 Å². The number of imidazole rings is 1. The first-order valence-corrected chi connectivity index (χ1v) is 8.72. The van der Waals surface area contributed by atoms with Crippen LogP contribution in [0.25, 0.3) is 0 Å². The molecule has 4 heteroatoms. The largest absolute Gasteiger partial charge is 0.375 e. The molecule has 1 aromatic heterocycles. The molecule has 0 saturated carbocycles. The zero-order chi connectivity index (χ0) is 13.1. The zero-order valence-corrected chi connectivity index (χ0v) is 12.6. The molecule has 0 aliphatic carbocycles. The van der Waals surface area contributed by atoms with Gasteiger partial charge in [0.1, 0.15) is 5.82 Å². The maximum atomic E-state index is 6.19. The summed E-state index contributed by atoms with van der Waals surface area (Å²) in [5.74, 6) is 3.78. The first kappa shape index (κ1) is 13.5. The van der Waals surface area contributed by atoms with E-state index in [-0.39, 0.29) is 5.60 Å². The van der Waals surface area contributed by atoms with Gasteiger partial charge in [0.2, 0.25) is 0 Å². The Morgan fingerprint density at radius 1 is 1.47 bits per heavy atom. The van der Waals surface area contributed by atoms with Crippen LogP contribution >= 0.6 is 11.8 Å². The molecule has 0 amide bonds. The van der Waals surface area contributed by atoms with E-state index < -0.39 is 0 Å². The minimum absolute atomic E-state index is 0.169. The molecular weight excluding hydrogens is 256 g/mol. The molecule has 19 heavy (non-hydrogen) atoms. The Bertz CT molecular complexity index is 407. The average molecular weight is 280 g/mol. The molecule has 0 radical (unpaired) electrons. The van der Waals surface area contributed by atoms with Crippen LogP contribution in [-0.2, 0) is 11.2 Å². The van der Waals surface area contributed by atoms with Crippen LogP contribution in [0.4, 0.5) is 0 Å². The van der Waals surface area contributed by atoms with E-state index in [0.29, 0.717) is 6.04 Å². The molecule has 3 rings (SSSR count). The number of hydrogen-bond donors (Lipinski definition) is 0. The molecule has 0 N–H and O–H groups in total. The van der Waals surface area contributed by atoms with Gasteiger partial charge in [0.15, 0.2) is 0 Å². The maximum Gasteiger partial charge on any atom is 0.108 e. The van der Waals surface area contributed by atoms with Crippen molar-refractivity contribution in [2.24, 2.45) is 0 Å². The highest BCUT2D eigenvalue weighted by atomic mass is 32.2. The van der Waals surface area contributed by atoms with Crippen molar-refractivity contribution in [2.75, 3.05) is 18.1 Å². The summed E-state index contributed by atoms with van der Waals surface area (Å²) in [6.45, 7) is 3.14. The lowest BCUT2D eigenvalue weighted by atomic mass is 9.85. The Morgan fingerprint density at radius 3 is 3.11 bits per heavy atom. The second-order valence-corrected chi connectivity index (χ2v) is 7.02. The Labute approximate surface area is 120 Å². The van der Waals surface area contributed by atoms with Crippen LogP contribution in [0.5, 0.6) is 0 Å². The highest BCUT2D eigenvalue weighted by Crippen LogP contribution is 2.41. The van der Waals surface area contributed by atoms with Gasteiger partial charge in [-0.05, 0) is 43.6 Å². The molecule has 0 aromatic carbocycles. The molecule has 1 aromatic rings. The summed E-state index contributed by atoms with van der Waals surface area (Å²) < 4.78 is 8.61. The summed E-state index contributed by atoms with van der Waals surface area (Å²) >= 11 is 2.07. The van der Waals surface area contributed by atoms with Crippen LogP contribution in [0.1, 0.15) is 50.9 Å². The van der Waals surface area contributed by atoms with E-state index in [2.05, 4.69) is 34.4 Å². The number of thioether (sulfide) groups is 1. The van der Waals surface area contributed by atoms with Gasteiger partial charge in [-0.3, -0.25) is 0 Å². The third-order valence-corrected chi connectivity index (χ3v) is 5.47. The van der Waals surface area contributed by atoms with Gasteiger partial charge in [0.25, 0.3) is 0 Å². The van der Waals surface area contributed by atoms with Crippen LogP contribution in [0.2, 0.25) is 0 Å². The molecular formula is C15H24N2OS. The molecule has 2 aliphatic rings. The second-order valence-electron chi connectivity index (χ2n) is 5.79. The molecule has 106 valence electrons. The summed E-state index contributed by atoms with van der Waals surface area (Å²) in [5, 5.41) is 0. The number of nitrogens with zero attached hydrogens (tertiary/aromatic N) is 2. The first-order valence-electron chi connectivity index (χ1n) is 7.56. The molecule has 1 atom stereocenters. The Hall–Kier alpha value is -0.480. The van der Waals surface area contributed by atoms with Gasteiger partial charge in [-0.2, -0.15) is 11.8 Å². The van der Waals surface area contributed by atoms with E-state index in [4.69, 9.17) is 4.74 Å². The standard InChI is InChI=1S/C15H24N2OS/c1-2-3-14-16-7-8-17(14)13-4-9-18-15(12-13)5-10-19-11-6-15/h7-8,13H,2-6,9-12H2,1H3. The van der Waals surface area contributed by atoms with E-state index in [1.807, 2.05) is 6.20 Å². The molecule has 1 unspecified atom stereocenters. The van der Waals surface area contributed by atoms with Crippen molar-refractivity contribution >= 4 is 11.8 Å². The molecule has 2 fully saturated rings. The molecule has 3 nitrogen and oxygen atoms in total. The smallest absolute Gasteiger partial charge is 0.108 e. The quantitative estimate of drug-likeness (QED) is 0.848. The number of ether oxygens (including phenoxy) is 1. The lowest BCUT2D eigenvalue weighted by molar-refractivity contribution is -0.0991. The fourth-order valence-corrected chi connectivity index (χ4v) is 4.66. The van der Waals surface area contributed by atoms with Gasteiger partial charge < -0.3 is 9.30 Å². The SMILES string of the molecule is CCCc1nccn1C1CCOC2(CCSCC2)C1. The first-order chi connectivity index (χ1) is 9.33. The van der Waals surface area contributed by atoms with Crippen molar-refractivity contribution in [3.8, 4) is 0 Å². The van der Waals surface area contributed by atoms with Crippen LogP contribution in [0, 0.1) is 0 Å². The van der Waals surface area contributed by atoms with Crippen LogP contribution in [0.15, 0.2) is 12.4 Å². The van der Waals surface area contributed by atoms with E-state index in [1.165, 1.54) is 43.0 Å². The number of rotatable bonds is 3. The van der Waals surface area contributed by atoms with Crippen molar-refractivity contribution in [3.63, 3.8) is 0 Å². The highest BCUT2D eigenvalue weighted by Gasteiger charge is 2.39. The second kappa shape index (κ2) is 5.88. The van der Waals surface area contributed by atoms with Gasteiger partial charge in [-0.1, -0.05) is 6.92 Å². The number of hydrogen-bond acceptors (Lipinski definition) is 3. The zero-order valence-electron chi connectivity index (χ0n) is 11.8. The van der Waals surface area contributed by atoms with Crippen LogP contribution in [-0.4, -0.2) is 33.3 Å². The number of aromatic nitrogens is 2. The van der Waals surface area contributed by atoms with Gasteiger partial charge in [0, 0.05) is 31.5 Å². The average Bonchev–Trinajstić information content (AvgIpc) is 2.88. The van der Waals surface area contributed by atoms with Gasteiger partial charge >= 0.3 is 0 Å². The van der Waals surface area contributed by atoms with Crippen LogP contribution < -0.4 is 0 Å². The summed E-state index contributed by atoms with van der Waals surface area (Å²) in [6, 6.07) is 0.598. The van der Waals surface area contributed by atoms with Crippen molar-refractivity contribution in [1.82, 2.24) is 9.55 Å². The Morgan fingerprint density at radius 2 is 2.32 bits per heavy atom. The normalized spacial score (nSPS) is 26.7. The monoisotopic (exact) mass is 280 g/mol. The minimum Gasteiger partial charge on any atom is -0.375 e. The van der Waals surface area contributed by atoms with Gasteiger partial charge in [0.05, 0.1) is 5.60 Å². The summed E-state index contributed by atoms with van der Waals surface area (Å²) in [6.07, 6.45) is 11.2. The minimum atomic E-state index is 0.169. The van der Waals surface area contributed by atoms with Crippen molar-refractivity contribution in [3.05, 3.63) is 18.2 Å². The summed E-state index contributed by atoms with van der Waals surface area (Å²) in [5.41, 5.74) is 0.169. The van der Waals surface area contributed by atoms with Crippen molar-refractivity contribution < 1.29 is 4.74 Å². The predicted octanol–water partition coefficient (Wildman–Crippen LogP) is 3.45. The summed E-state index contributed by atoms with van der Waals surface area (Å²) in [7, 11) is 0. The van der Waals surface area contributed by atoms with E-state index in [0.717, 1.165) is 19.4 Å². The third-order valence-electron chi connectivity index (χ3n) is 4.49. The molecule has 2 saturated heterocycles. The predicted molar refractivity (Wildman–Crippen MR) is 79.7 cm³/mol. The lowest BCUT2D eigenvalue weighted by Crippen LogP contribution is -2.43. The van der Waals surface area contributed by atoms with E-state index >= 15 is 0 Å². The highest BCUT2D eigenvalue weighted by molar-refractivity contribution is 7.99. The van der Waals surface area contributed by atoms with Crippen LogP contribution in [0.3, 0.4) is 0 Å². The van der Waals surface area contributed by atoms with Crippen molar-refractivity contribution in [1.29, 1.82) is 0 Å². The fourth-order valence-electron chi connectivity index (χ4n) is 3.42. The van der Waals surface area contributed by atoms with Gasteiger partial charge in [-0.15, -0.1) is 0 Å². The molecule has 1 spiro atoms. The lowest BCUT2D eigenvalue weighted by Gasteiger charge is -2.43. The van der Waals surface area contributed by atoms with E-state index in [1.54, 1.807) is 0 Å². The van der Waals surface area contributed by atoms with E-state index in [9.17, 15) is 0 Å². The number of aryl methyl sites for hydroxylation is 1. The maximum absolute atomic E-state index is 6.19. The topological polar surface area (TPSA) is 27.1 Å². The third kappa shape index (κ3) is 2.84. The molecule has 3 heterocycles. The Balaban J connectivity index is 1.75. The molecule has 0 bridgehead atoms. The fraction of sp³-hybridized carbons (Fsp3) is 0.800.